The Labute approximate surface area is 178 Å². The van der Waals surface area contributed by atoms with Crippen molar-refractivity contribution in [2.24, 2.45) is 0 Å². The second kappa shape index (κ2) is 7.41. The van der Waals surface area contributed by atoms with Crippen LogP contribution >= 0.6 is 22.7 Å². The van der Waals surface area contributed by atoms with E-state index >= 15 is 0 Å². The Morgan fingerprint density at radius 2 is 2.07 bits per heavy atom. The number of aromatic nitrogens is 3. The van der Waals surface area contributed by atoms with Crippen molar-refractivity contribution < 1.29 is 13.9 Å². The van der Waals surface area contributed by atoms with Gasteiger partial charge in [-0.2, -0.15) is 0 Å². The Morgan fingerprint density at radius 1 is 1.27 bits per heavy atom. The van der Waals surface area contributed by atoms with Gasteiger partial charge in [-0.3, -0.25) is 9.36 Å². The highest BCUT2D eigenvalue weighted by molar-refractivity contribution is 7.20. The third-order valence-corrected chi connectivity index (χ3v) is 7.20. The number of esters is 1. The number of thiophene rings is 1. The van der Waals surface area contributed by atoms with Gasteiger partial charge in [0.05, 0.1) is 11.1 Å². The topological polar surface area (TPSA) is 74.1 Å². The van der Waals surface area contributed by atoms with Crippen molar-refractivity contribution in [2.45, 2.75) is 32.9 Å². The van der Waals surface area contributed by atoms with Crippen molar-refractivity contribution in [2.75, 3.05) is 0 Å². The molecular weight excluding hydrogens is 425 g/mol. The van der Waals surface area contributed by atoms with E-state index in [0.717, 1.165) is 29.2 Å². The number of aryl methyl sites for hydroxylation is 2. The van der Waals surface area contributed by atoms with Crippen LogP contribution in [0.5, 0.6) is 0 Å². The second-order valence-corrected chi connectivity index (χ2v) is 8.91. The van der Waals surface area contributed by atoms with Gasteiger partial charge in [0.1, 0.15) is 33.0 Å². The van der Waals surface area contributed by atoms with Gasteiger partial charge in [-0.25, -0.2) is 19.2 Å². The van der Waals surface area contributed by atoms with Crippen LogP contribution in [0.2, 0.25) is 0 Å². The van der Waals surface area contributed by atoms with Crippen LogP contribution in [0.15, 0.2) is 34.4 Å². The molecule has 4 aromatic rings. The molecule has 3 aromatic heterocycles. The number of rotatable bonds is 4. The summed E-state index contributed by atoms with van der Waals surface area (Å²) in [5.41, 5.74) is 1.95. The molecule has 152 valence electrons. The predicted octanol–water partition coefficient (Wildman–Crippen LogP) is 4.33. The summed E-state index contributed by atoms with van der Waals surface area (Å²) in [6.45, 7) is 2.45. The van der Waals surface area contributed by atoms with E-state index in [1.54, 1.807) is 23.6 Å². The van der Waals surface area contributed by atoms with Crippen molar-refractivity contribution in [3.8, 4) is 10.6 Å². The minimum atomic E-state index is -0.489. The van der Waals surface area contributed by atoms with Gasteiger partial charge in [-0.15, -0.1) is 22.7 Å². The Hall–Kier alpha value is -2.91. The van der Waals surface area contributed by atoms with E-state index in [4.69, 9.17) is 4.74 Å². The van der Waals surface area contributed by atoms with E-state index in [2.05, 4.69) is 9.97 Å². The molecule has 0 atom stereocenters. The van der Waals surface area contributed by atoms with Crippen LogP contribution < -0.4 is 5.56 Å². The highest BCUT2D eigenvalue weighted by Crippen LogP contribution is 2.30. The first-order chi connectivity index (χ1) is 14.5. The summed E-state index contributed by atoms with van der Waals surface area (Å²) in [6, 6.07) is 6.08. The van der Waals surface area contributed by atoms with Crippen LogP contribution in [0.4, 0.5) is 4.39 Å². The van der Waals surface area contributed by atoms with Crippen molar-refractivity contribution in [3.05, 3.63) is 67.8 Å². The lowest BCUT2D eigenvalue weighted by Gasteiger charge is -2.02. The number of carbonyl (C=O) groups is 1. The lowest BCUT2D eigenvalue weighted by Crippen LogP contribution is -2.20. The maximum absolute atomic E-state index is 13.1. The summed E-state index contributed by atoms with van der Waals surface area (Å²) in [6.07, 6.45) is 1.70. The van der Waals surface area contributed by atoms with E-state index in [1.165, 1.54) is 34.8 Å². The van der Waals surface area contributed by atoms with Crippen molar-refractivity contribution in [1.82, 2.24) is 14.5 Å². The molecule has 0 aliphatic carbocycles. The number of ether oxygens (including phenoxy) is 1. The van der Waals surface area contributed by atoms with Crippen LogP contribution in [0.25, 0.3) is 20.8 Å². The number of benzene rings is 1. The summed E-state index contributed by atoms with van der Waals surface area (Å²) in [5.74, 6) is -0.0108. The molecule has 0 saturated heterocycles. The number of carbonyl (C=O) groups excluding carboxylic acids is 1. The predicted molar refractivity (Wildman–Crippen MR) is 114 cm³/mol. The summed E-state index contributed by atoms with van der Waals surface area (Å²) in [7, 11) is 0. The molecule has 6 nitrogen and oxygen atoms in total. The number of nitrogens with zero attached hydrogens (tertiary/aromatic N) is 3. The van der Waals surface area contributed by atoms with Crippen LogP contribution in [0.1, 0.15) is 33.2 Å². The van der Waals surface area contributed by atoms with E-state index < -0.39 is 5.97 Å². The van der Waals surface area contributed by atoms with Crippen LogP contribution in [-0.4, -0.2) is 20.5 Å². The van der Waals surface area contributed by atoms with Gasteiger partial charge in [0.2, 0.25) is 0 Å². The molecule has 9 heteroatoms. The van der Waals surface area contributed by atoms with Gasteiger partial charge in [0.25, 0.3) is 5.56 Å². The average molecular weight is 442 g/mol. The van der Waals surface area contributed by atoms with Crippen molar-refractivity contribution in [3.63, 3.8) is 0 Å². The lowest BCUT2D eigenvalue weighted by atomic mass is 10.2. The molecule has 0 N–H and O–H groups in total. The Balaban J connectivity index is 1.36. The molecule has 30 heavy (non-hydrogen) atoms. The van der Waals surface area contributed by atoms with E-state index in [9.17, 15) is 14.0 Å². The minimum absolute atomic E-state index is 0.0210. The molecule has 0 saturated carbocycles. The Morgan fingerprint density at radius 3 is 2.87 bits per heavy atom. The fraction of sp³-hybridized carbons (Fsp3) is 0.238. The van der Waals surface area contributed by atoms with Crippen LogP contribution in [-0.2, 0) is 24.3 Å². The minimum Gasteiger partial charge on any atom is -0.455 e. The molecule has 0 unspecified atom stereocenters. The second-order valence-electron chi connectivity index (χ2n) is 7.05. The standard InChI is InChI=1S/C21H16FN3O3S2/c1-11-16-19(24-15-3-2-8-25(15)20(16)26)30-17(11)21(27)28-9-14-10-29-18(23-14)12-4-6-13(22)7-5-12/h4-7,10H,2-3,8-9H2,1H3. The fourth-order valence-corrected chi connectivity index (χ4v) is 5.47. The highest BCUT2D eigenvalue weighted by Gasteiger charge is 2.24. The van der Waals surface area contributed by atoms with Gasteiger partial charge >= 0.3 is 5.97 Å². The largest absolute Gasteiger partial charge is 0.455 e. The van der Waals surface area contributed by atoms with E-state index in [0.29, 0.717) is 32.9 Å². The summed E-state index contributed by atoms with van der Waals surface area (Å²) in [4.78, 5) is 35.4. The molecule has 0 spiro atoms. The number of hydrogen-bond donors (Lipinski definition) is 0. The Kier molecular flexibility index (Phi) is 4.71. The summed E-state index contributed by atoms with van der Waals surface area (Å²) in [5, 5.41) is 3.04. The third kappa shape index (κ3) is 3.23. The molecule has 1 aromatic carbocycles. The smallest absolute Gasteiger partial charge is 0.349 e. The average Bonchev–Trinajstić information content (AvgIpc) is 3.46. The molecule has 5 rings (SSSR count). The van der Waals surface area contributed by atoms with Crippen LogP contribution in [0, 0.1) is 12.7 Å². The normalized spacial score (nSPS) is 13.0. The number of halogens is 1. The molecule has 1 aliphatic rings. The quantitative estimate of drug-likeness (QED) is 0.441. The molecule has 1 aliphatic heterocycles. The molecular formula is C21H16FN3O3S2. The molecule has 0 amide bonds. The number of fused-ring (bicyclic) bond motifs is 2. The summed E-state index contributed by atoms with van der Waals surface area (Å²) >= 11 is 2.60. The van der Waals surface area contributed by atoms with Crippen LogP contribution in [0.3, 0.4) is 0 Å². The lowest BCUT2D eigenvalue weighted by molar-refractivity contribution is 0.0473. The molecule has 0 fully saturated rings. The number of hydrogen-bond acceptors (Lipinski definition) is 7. The first-order valence-corrected chi connectivity index (χ1v) is 11.1. The van der Waals surface area contributed by atoms with Gasteiger partial charge in [-0.05, 0) is 43.2 Å². The first kappa shape index (κ1) is 19.1. The van der Waals surface area contributed by atoms with Gasteiger partial charge in [0, 0.05) is 23.9 Å². The molecule has 4 heterocycles. The van der Waals surface area contributed by atoms with Gasteiger partial charge < -0.3 is 4.74 Å². The monoisotopic (exact) mass is 441 g/mol. The zero-order valence-corrected chi connectivity index (χ0v) is 17.6. The SMILES string of the molecule is Cc1c(C(=O)OCc2csc(-c3ccc(F)cc3)n2)sc2nc3n(c(=O)c12)CCC3. The van der Waals surface area contributed by atoms with E-state index in [1.807, 2.05) is 5.38 Å². The zero-order valence-electron chi connectivity index (χ0n) is 16.0. The maximum atomic E-state index is 13.1. The highest BCUT2D eigenvalue weighted by atomic mass is 32.1. The molecule has 0 bridgehead atoms. The number of thiazole rings is 1. The Bertz CT molecular complexity index is 1340. The maximum Gasteiger partial charge on any atom is 0.349 e. The van der Waals surface area contributed by atoms with Crippen molar-refractivity contribution in [1.29, 1.82) is 0 Å². The van der Waals surface area contributed by atoms with Crippen molar-refractivity contribution >= 4 is 38.9 Å². The van der Waals surface area contributed by atoms with Gasteiger partial charge in [-0.1, -0.05) is 0 Å². The molecule has 0 radical (unpaired) electrons. The van der Waals surface area contributed by atoms with E-state index in [-0.39, 0.29) is 18.0 Å². The van der Waals surface area contributed by atoms with Gasteiger partial charge in [0.15, 0.2) is 0 Å². The zero-order chi connectivity index (χ0) is 20.8. The first-order valence-electron chi connectivity index (χ1n) is 9.41. The fourth-order valence-electron chi connectivity index (χ4n) is 3.57. The third-order valence-electron chi connectivity index (χ3n) is 5.09. The summed E-state index contributed by atoms with van der Waals surface area (Å²) < 4.78 is 20.2.